The summed E-state index contributed by atoms with van der Waals surface area (Å²) in [6.45, 7) is 5.04. The monoisotopic (exact) mass is 544 g/mol. The number of nitrogens with one attached hydrogen (secondary N) is 1. The van der Waals surface area contributed by atoms with Crippen molar-refractivity contribution in [3.63, 3.8) is 0 Å². The molecule has 1 aliphatic rings. The summed E-state index contributed by atoms with van der Waals surface area (Å²) in [5, 5.41) is 10.2. The van der Waals surface area contributed by atoms with Gasteiger partial charge in [-0.15, -0.1) is 0 Å². The Morgan fingerprint density at radius 3 is 2.39 bits per heavy atom. The number of aliphatic hydroxyl groups is 1. The molecule has 0 radical (unpaired) electrons. The summed E-state index contributed by atoms with van der Waals surface area (Å²) in [4.78, 5) is 20.1. The van der Waals surface area contributed by atoms with E-state index in [-0.39, 0.29) is 28.0 Å². The van der Waals surface area contributed by atoms with Gasteiger partial charge in [0, 0.05) is 29.2 Å². The van der Waals surface area contributed by atoms with Crippen molar-refractivity contribution < 1.29 is 40.9 Å². The highest BCUT2D eigenvalue weighted by Crippen LogP contribution is 2.59. The normalized spacial score (nSPS) is 24.4. The quantitative estimate of drug-likeness (QED) is 0.382. The minimum atomic E-state index is -4.88. The molecule has 0 aliphatic carbocycles. The van der Waals surface area contributed by atoms with Crippen LogP contribution in [0.25, 0.3) is 11.0 Å². The molecule has 1 aliphatic heterocycles. The van der Waals surface area contributed by atoms with Gasteiger partial charge < -0.3 is 19.6 Å². The van der Waals surface area contributed by atoms with Crippen molar-refractivity contribution in [2.24, 2.45) is 5.92 Å². The van der Waals surface area contributed by atoms with Crippen LogP contribution in [0.15, 0.2) is 35.1 Å². The van der Waals surface area contributed by atoms with Gasteiger partial charge in [0.25, 0.3) is 6.43 Å². The first kappa shape index (κ1) is 27.9. The number of aromatic amines is 1. The molecule has 3 aromatic rings. The molecule has 0 saturated carbocycles. The summed E-state index contributed by atoms with van der Waals surface area (Å²) in [5.74, 6) is -4.50. The largest absolute Gasteiger partial charge is 0.496 e. The van der Waals surface area contributed by atoms with Crippen LogP contribution in [0.2, 0.25) is 0 Å². The van der Waals surface area contributed by atoms with E-state index in [9.17, 15) is 36.2 Å². The Morgan fingerprint density at radius 2 is 1.84 bits per heavy atom. The summed E-state index contributed by atoms with van der Waals surface area (Å²) in [7, 11) is 1.02. The number of hydrogen-bond donors (Lipinski definition) is 2. The summed E-state index contributed by atoms with van der Waals surface area (Å²) in [6, 6.07) is 5.77. The maximum Gasteiger partial charge on any atom is 0.417 e. The molecule has 12 heteroatoms. The summed E-state index contributed by atoms with van der Waals surface area (Å²) < 4.78 is 95.3. The van der Waals surface area contributed by atoms with Gasteiger partial charge >= 0.3 is 6.18 Å². The molecule has 6 nitrogen and oxygen atoms in total. The Balaban J connectivity index is 1.96. The fourth-order valence-electron chi connectivity index (χ4n) is 4.99. The number of benzene rings is 1. The second-order valence-corrected chi connectivity index (χ2v) is 10.1. The van der Waals surface area contributed by atoms with Crippen molar-refractivity contribution >= 4 is 11.0 Å². The first-order valence-electron chi connectivity index (χ1n) is 11.7. The fourth-order valence-corrected chi connectivity index (χ4v) is 4.99. The predicted molar refractivity (Wildman–Crippen MR) is 126 cm³/mol. The lowest BCUT2D eigenvalue weighted by Gasteiger charge is -2.32. The van der Waals surface area contributed by atoms with E-state index in [0.29, 0.717) is 0 Å². The van der Waals surface area contributed by atoms with Crippen molar-refractivity contribution in [3.05, 3.63) is 68.9 Å². The average molecular weight is 544 g/mol. The van der Waals surface area contributed by atoms with Crippen molar-refractivity contribution in [3.8, 4) is 5.75 Å². The van der Waals surface area contributed by atoms with Gasteiger partial charge in [0.05, 0.1) is 23.9 Å². The molecule has 0 spiro atoms. The molecule has 2 N–H and O–H groups in total. The molecule has 3 heterocycles. The van der Waals surface area contributed by atoms with Crippen LogP contribution in [-0.2, 0) is 10.3 Å². The maximum atomic E-state index is 14.3. The number of alkyl halides is 5. The van der Waals surface area contributed by atoms with Crippen LogP contribution >= 0.6 is 0 Å². The molecule has 1 saturated heterocycles. The number of methoxy groups -OCH3 is 1. The molecular formula is C26H26F6N2O4. The molecule has 4 atom stereocenters. The van der Waals surface area contributed by atoms with Crippen LogP contribution < -0.4 is 10.2 Å². The van der Waals surface area contributed by atoms with E-state index in [0.717, 1.165) is 32.2 Å². The first-order chi connectivity index (χ1) is 17.5. The number of H-pyrrole nitrogens is 1. The number of pyridine rings is 2. The second kappa shape index (κ2) is 9.26. The number of aromatic nitrogens is 2. The molecule has 0 unspecified atom stereocenters. The minimum Gasteiger partial charge on any atom is -0.496 e. The van der Waals surface area contributed by atoms with Crippen LogP contribution in [0, 0.1) is 11.7 Å². The summed E-state index contributed by atoms with van der Waals surface area (Å²) >= 11 is 0. The number of fused-ring (bicyclic) bond motifs is 1. The lowest BCUT2D eigenvalue weighted by atomic mass is 9.76. The third kappa shape index (κ3) is 4.43. The van der Waals surface area contributed by atoms with E-state index in [4.69, 9.17) is 9.47 Å². The van der Waals surface area contributed by atoms with Crippen molar-refractivity contribution in [2.75, 3.05) is 7.11 Å². The standard InChI is InChI=1S/C26H26F6N2O4/c1-11-18(12-6-7-13(27)19(23(28)29)21(12)37-5)22(38-25(11,4)26(30,31)32)15-10-16(35)20-14(33-15)8-9-17(34-20)24(2,3)36/h6-11,18,22-23,36H,1-5H3,(H,33,35)/t11-,18-,22-,25+/m0/s1. The zero-order valence-corrected chi connectivity index (χ0v) is 21.1. The van der Waals surface area contributed by atoms with Gasteiger partial charge in [-0.2, -0.15) is 13.2 Å². The Morgan fingerprint density at radius 1 is 1.18 bits per heavy atom. The molecule has 0 bridgehead atoms. The Labute approximate surface area is 213 Å². The van der Waals surface area contributed by atoms with E-state index < -0.39 is 64.3 Å². The van der Waals surface area contributed by atoms with Crippen molar-refractivity contribution in [2.45, 2.75) is 63.5 Å². The number of rotatable bonds is 5. The number of hydrogen-bond acceptors (Lipinski definition) is 5. The van der Waals surface area contributed by atoms with Gasteiger partial charge in [0.1, 0.15) is 28.8 Å². The molecular weight excluding hydrogens is 518 g/mol. The van der Waals surface area contributed by atoms with Crippen molar-refractivity contribution in [1.29, 1.82) is 0 Å². The Bertz CT molecular complexity index is 1430. The molecule has 0 amide bonds. The van der Waals surface area contributed by atoms with Gasteiger partial charge in [0.2, 0.25) is 5.43 Å². The summed E-state index contributed by atoms with van der Waals surface area (Å²) in [6.07, 6.45) is -9.66. The van der Waals surface area contributed by atoms with Crippen LogP contribution in [0.5, 0.6) is 5.75 Å². The van der Waals surface area contributed by atoms with E-state index >= 15 is 0 Å². The topological polar surface area (TPSA) is 84.4 Å². The predicted octanol–water partition coefficient (Wildman–Crippen LogP) is 6.05. The molecule has 1 aromatic carbocycles. The van der Waals surface area contributed by atoms with Gasteiger partial charge in [-0.1, -0.05) is 13.0 Å². The lowest BCUT2D eigenvalue weighted by Crippen LogP contribution is -2.46. The summed E-state index contributed by atoms with van der Waals surface area (Å²) in [5.41, 5.74) is -5.72. The van der Waals surface area contributed by atoms with E-state index in [1.165, 1.54) is 32.9 Å². The molecule has 206 valence electrons. The van der Waals surface area contributed by atoms with Gasteiger partial charge in [0.15, 0.2) is 5.60 Å². The maximum absolute atomic E-state index is 14.3. The van der Waals surface area contributed by atoms with Crippen LogP contribution in [0.1, 0.15) is 68.7 Å². The highest BCUT2D eigenvalue weighted by molar-refractivity contribution is 5.74. The number of halogens is 6. The minimum absolute atomic E-state index is 0.0601. The lowest BCUT2D eigenvalue weighted by molar-refractivity contribution is -0.275. The zero-order valence-electron chi connectivity index (χ0n) is 21.1. The molecule has 2 aromatic heterocycles. The van der Waals surface area contributed by atoms with Gasteiger partial charge in [-0.3, -0.25) is 4.79 Å². The fraction of sp³-hybridized carbons (Fsp3) is 0.462. The number of nitrogens with zero attached hydrogens (tertiary/aromatic N) is 1. The number of ether oxygens (including phenoxy) is 2. The molecule has 38 heavy (non-hydrogen) atoms. The van der Waals surface area contributed by atoms with Crippen LogP contribution in [0.3, 0.4) is 0 Å². The molecule has 4 rings (SSSR count). The highest BCUT2D eigenvalue weighted by atomic mass is 19.4. The molecule has 1 fully saturated rings. The zero-order chi connectivity index (χ0) is 28.4. The van der Waals surface area contributed by atoms with Gasteiger partial charge in [-0.05, 0) is 39.0 Å². The van der Waals surface area contributed by atoms with Crippen molar-refractivity contribution in [1.82, 2.24) is 9.97 Å². The highest BCUT2D eigenvalue weighted by Gasteiger charge is 2.65. The van der Waals surface area contributed by atoms with E-state index in [2.05, 4.69) is 9.97 Å². The smallest absolute Gasteiger partial charge is 0.417 e. The van der Waals surface area contributed by atoms with Crippen LogP contribution in [0.4, 0.5) is 26.3 Å². The van der Waals surface area contributed by atoms with Gasteiger partial charge in [-0.25, -0.2) is 18.2 Å². The SMILES string of the molecule is COc1c([C@H]2[C@H](c3cc(=O)c4nc(C(C)(C)O)ccc4[nH]3)O[C@@](C)(C(F)(F)F)[C@H]2C)ccc(F)c1C(F)F. The Hall–Kier alpha value is -3.12. The van der Waals surface area contributed by atoms with E-state index in [1.807, 2.05) is 0 Å². The Kier molecular flexibility index (Phi) is 6.80. The van der Waals surface area contributed by atoms with Crippen LogP contribution in [-0.4, -0.2) is 34.0 Å². The van der Waals surface area contributed by atoms with E-state index in [1.54, 1.807) is 0 Å². The first-order valence-corrected chi connectivity index (χ1v) is 11.7. The third-order valence-electron chi connectivity index (χ3n) is 7.25. The second-order valence-electron chi connectivity index (χ2n) is 10.1. The average Bonchev–Trinajstić information content (AvgIpc) is 3.09. The third-order valence-corrected chi connectivity index (χ3v) is 7.25.